The van der Waals surface area contributed by atoms with Crippen LogP contribution in [0.2, 0.25) is 0 Å². The van der Waals surface area contributed by atoms with Crippen LogP contribution in [0.4, 0.5) is 0 Å². The summed E-state index contributed by atoms with van der Waals surface area (Å²) < 4.78 is 31.2. The number of nitrogens with zero attached hydrogens (tertiary/aromatic N) is 3. The second-order valence-electron chi connectivity index (χ2n) is 5.47. The third-order valence-electron chi connectivity index (χ3n) is 3.53. The van der Waals surface area contributed by atoms with Crippen LogP contribution in [-0.2, 0) is 14.8 Å². The third kappa shape index (κ3) is 4.87. The van der Waals surface area contributed by atoms with Crippen LogP contribution >= 0.6 is 0 Å². The van der Waals surface area contributed by atoms with E-state index in [1.165, 1.54) is 32.5 Å². The Morgan fingerprint density at radius 2 is 2.15 bits per heavy atom. The summed E-state index contributed by atoms with van der Waals surface area (Å²) in [6.45, 7) is 1.38. The Morgan fingerprint density at radius 3 is 2.77 bits per heavy atom. The molecule has 0 saturated heterocycles. The lowest BCUT2D eigenvalue weighted by atomic mass is 10.2. The van der Waals surface area contributed by atoms with Gasteiger partial charge in [-0.3, -0.25) is 9.78 Å². The van der Waals surface area contributed by atoms with Gasteiger partial charge in [0.15, 0.2) is 0 Å². The molecule has 26 heavy (non-hydrogen) atoms. The standard InChI is InChI=1S/C17H20N4O4S/c1-13-9-15(6-7-16(13)25-3)26(23,24)21(2)12-17(22)20-19-11-14-5-4-8-18-10-14/h4-11H,12H2,1-3H3,(H,20,22)/b19-11+. The highest BCUT2D eigenvalue weighted by Gasteiger charge is 2.23. The van der Waals surface area contributed by atoms with E-state index in [1.54, 1.807) is 37.5 Å². The minimum atomic E-state index is -3.80. The summed E-state index contributed by atoms with van der Waals surface area (Å²) in [6.07, 6.45) is 4.63. The number of hydrogen-bond donors (Lipinski definition) is 1. The molecule has 1 N–H and O–H groups in total. The molecule has 1 aromatic carbocycles. The predicted molar refractivity (Wildman–Crippen MR) is 97.5 cm³/mol. The summed E-state index contributed by atoms with van der Waals surface area (Å²) in [5.74, 6) is 0.0375. The van der Waals surface area contributed by atoms with Crippen molar-refractivity contribution in [2.75, 3.05) is 20.7 Å². The van der Waals surface area contributed by atoms with Gasteiger partial charge in [0.25, 0.3) is 5.91 Å². The molecule has 0 fully saturated rings. The van der Waals surface area contributed by atoms with Crippen molar-refractivity contribution in [3.8, 4) is 5.75 Å². The molecule has 0 aliphatic heterocycles. The molecule has 8 nitrogen and oxygen atoms in total. The number of hydrogen-bond acceptors (Lipinski definition) is 6. The van der Waals surface area contributed by atoms with E-state index in [1.807, 2.05) is 0 Å². The van der Waals surface area contributed by atoms with Crippen LogP contribution in [0.5, 0.6) is 5.75 Å². The minimum absolute atomic E-state index is 0.0879. The van der Waals surface area contributed by atoms with E-state index >= 15 is 0 Å². The quantitative estimate of drug-likeness (QED) is 0.577. The number of amides is 1. The van der Waals surface area contributed by atoms with Crippen molar-refractivity contribution in [3.05, 3.63) is 53.9 Å². The summed E-state index contributed by atoms with van der Waals surface area (Å²) in [7, 11) is -0.958. The van der Waals surface area contributed by atoms with Gasteiger partial charge in [-0.05, 0) is 36.8 Å². The van der Waals surface area contributed by atoms with E-state index in [-0.39, 0.29) is 11.4 Å². The Balaban J connectivity index is 2.01. The number of carbonyl (C=O) groups excluding carboxylic acids is 1. The smallest absolute Gasteiger partial charge is 0.255 e. The zero-order valence-electron chi connectivity index (χ0n) is 14.7. The first-order valence-corrected chi connectivity index (χ1v) is 9.11. The average Bonchev–Trinajstić information content (AvgIpc) is 2.62. The lowest BCUT2D eigenvalue weighted by Gasteiger charge is -2.17. The van der Waals surface area contributed by atoms with Crippen molar-refractivity contribution in [2.24, 2.45) is 5.10 Å². The zero-order chi connectivity index (χ0) is 19.2. The van der Waals surface area contributed by atoms with Crippen LogP contribution in [-0.4, -0.2) is 50.5 Å². The van der Waals surface area contributed by atoms with Crippen molar-refractivity contribution >= 4 is 22.1 Å². The number of likely N-dealkylation sites (N-methyl/N-ethyl adjacent to an activating group) is 1. The summed E-state index contributed by atoms with van der Waals surface area (Å²) in [5, 5.41) is 3.78. The Morgan fingerprint density at radius 1 is 1.38 bits per heavy atom. The Kier molecular flexibility index (Phi) is 6.42. The molecule has 2 rings (SSSR count). The van der Waals surface area contributed by atoms with Crippen LogP contribution in [0.25, 0.3) is 0 Å². The fourth-order valence-electron chi connectivity index (χ4n) is 2.15. The summed E-state index contributed by atoms with van der Waals surface area (Å²) in [6, 6.07) is 8.03. The van der Waals surface area contributed by atoms with Gasteiger partial charge < -0.3 is 4.74 Å². The van der Waals surface area contributed by atoms with Crippen LogP contribution in [0.15, 0.2) is 52.7 Å². The van der Waals surface area contributed by atoms with Crippen LogP contribution < -0.4 is 10.2 Å². The molecule has 0 aliphatic carbocycles. The van der Waals surface area contributed by atoms with E-state index in [9.17, 15) is 13.2 Å². The van der Waals surface area contributed by atoms with E-state index in [4.69, 9.17) is 4.74 Å². The second kappa shape index (κ2) is 8.54. The van der Waals surface area contributed by atoms with Gasteiger partial charge in [0.2, 0.25) is 10.0 Å². The van der Waals surface area contributed by atoms with Gasteiger partial charge in [0.05, 0.1) is 24.8 Å². The molecule has 0 saturated carbocycles. The van der Waals surface area contributed by atoms with Crippen LogP contribution in [0.3, 0.4) is 0 Å². The zero-order valence-corrected chi connectivity index (χ0v) is 15.5. The molecular formula is C17H20N4O4S. The molecule has 1 heterocycles. The van der Waals surface area contributed by atoms with Gasteiger partial charge >= 0.3 is 0 Å². The molecular weight excluding hydrogens is 356 g/mol. The number of methoxy groups -OCH3 is 1. The molecule has 0 aliphatic rings. The summed E-state index contributed by atoms with van der Waals surface area (Å²) >= 11 is 0. The maximum absolute atomic E-state index is 12.6. The molecule has 1 aromatic heterocycles. The Labute approximate surface area is 152 Å². The van der Waals surface area contributed by atoms with Gasteiger partial charge in [-0.2, -0.15) is 9.41 Å². The van der Waals surface area contributed by atoms with Crippen molar-refractivity contribution in [1.29, 1.82) is 0 Å². The molecule has 2 aromatic rings. The molecule has 138 valence electrons. The van der Waals surface area contributed by atoms with Crippen molar-refractivity contribution in [2.45, 2.75) is 11.8 Å². The van der Waals surface area contributed by atoms with Crippen molar-refractivity contribution < 1.29 is 17.9 Å². The van der Waals surface area contributed by atoms with Gasteiger partial charge in [-0.25, -0.2) is 13.8 Å². The number of ether oxygens (including phenoxy) is 1. The molecule has 0 bridgehead atoms. The van der Waals surface area contributed by atoms with Gasteiger partial charge in [0.1, 0.15) is 5.75 Å². The molecule has 0 radical (unpaired) electrons. The molecule has 1 amide bonds. The Bertz CT molecular complexity index is 898. The number of nitrogens with one attached hydrogen (secondary N) is 1. The SMILES string of the molecule is COc1ccc(S(=O)(=O)N(C)CC(=O)N/N=C/c2cccnc2)cc1C. The average molecular weight is 376 g/mol. The number of pyridine rings is 1. The van der Waals surface area contributed by atoms with Gasteiger partial charge in [0, 0.05) is 25.0 Å². The van der Waals surface area contributed by atoms with E-state index in [2.05, 4.69) is 15.5 Å². The lowest BCUT2D eigenvalue weighted by molar-refractivity contribution is -0.121. The number of carbonyl (C=O) groups is 1. The highest BCUT2D eigenvalue weighted by molar-refractivity contribution is 7.89. The largest absolute Gasteiger partial charge is 0.496 e. The monoisotopic (exact) mass is 376 g/mol. The predicted octanol–water partition coefficient (Wildman–Crippen LogP) is 1.17. The summed E-state index contributed by atoms with van der Waals surface area (Å²) in [5.41, 5.74) is 3.69. The van der Waals surface area contributed by atoms with Crippen molar-refractivity contribution in [3.63, 3.8) is 0 Å². The van der Waals surface area contributed by atoms with Crippen LogP contribution in [0, 0.1) is 6.92 Å². The first-order valence-electron chi connectivity index (χ1n) is 7.67. The number of aromatic nitrogens is 1. The maximum atomic E-state index is 12.6. The van der Waals surface area contributed by atoms with E-state index < -0.39 is 15.9 Å². The topological polar surface area (TPSA) is 101 Å². The highest BCUT2D eigenvalue weighted by atomic mass is 32.2. The van der Waals surface area contributed by atoms with Gasteiger partial charge in [-0.1, -0.05) is 6.07 Å². The van der Waals surface area contributed by atoms with Crippen LogP contribution in [0.1, 0.15) is 11.1 Å². The first-order chi connectivity index (χ1) is 12.3. The first kappa shape index (κ1) is 19.5. The number of benzene rings is 1. The normalized spacial score (nSPS) is 11.7. The molecule has 0 unspecified atom stereocenters. The summed E-state index contributed by atoms with van der Waals surface area (Å²) in [4.78, 5) is 15.9. The third-order valence-corrected chi connectivity index (χ3v) is 5.33. The minimum Gasteiger partial charge on any atom is -0.496 e. The van der Waals surface area contributed by atoms with E-state index in [0.29, 0.717) is 16.9 Å². The molecule has 0 atom stereocenters. The Hall–Kier alpha value is -2.78. The number of hydrazone groups is 1. The lowest BCUT2D eigenvalue weighted by Crippen LogP contribution is -2.36. The number of rotatable bonds is 7. The molecule has 0 spiro atoms. The molecule has 9 heteroatoms. The highest BCUT2D eigenvalue weighted by Crippen LogP contribution is 2.23. The van der Waals surface area contributed by atoms with Gasteiger partial charge in [-0.15, -0.1) is 0 Å². The van der Waals surface area contributed by atoms with E-state index in [0.717, 1.165) is 4.31 Å². The fourth-order valence-corrected chi connectivity index (χ4v) is 3.36. The number of sulfonamides is 1. The fraction of sp³-hybridized carbons (Fsp3) is 0.235. The van der Waals surface area contributed by atoms with Crippen molar-refractivity contribution in [1.82, 2.24) is 14.7 Å². The second-order valence-corrected chi connectivity index (χ2v) is 7.52. The maximum Gasteiger partial charge on any atom is 0.255 e. The number of aryl methyl sites for hydroxylation is 1.